The molecule has 1 aliphatic heterocycles. The average Bonchev–Trinajstić information content (AvgIpc) is 3.01. The molecule has 1 amide bonds. The molecule has 0 saturated carbocycles. The third-order valence-corrected chi connectivity index (χ3v) is 4.34. The van der Waals surface area contributed by atoms with Crippen molar-refractivity contribution in [3.05, 3.63) is 59.2 Å². The lowest BCUT2D eigenvalue weighted by Crippen LogP contribution is -2.37. The van der Waals surface area contributed by atoms with Crippen LogP contribution in [0.25, 0.3) is 0 Å². The molecule has 0 saturated heterocycles. The predicted octanol–water partition coefficient (Wildman–Crippen LogP) is 3.70. The van der Waals surface area contributed by atoms with Crippen molar-refractivity contribution < 1.29 is 14.3 Å². The highest BCUT2D eigenvalue weighted by atomic mass is 16.7. The van der Waals surface area contributed by atoms with Crippen molar-refractivity contribution in [2.75, 3.05) is 6.79 Å². The summed E-state index contributed by atoms with van der Waals surface area (Å²) in [4.78, 5) is 14.7. The molecule has 0 aliphatic carbocycles. The number of ether oxygens (including phenoxy) is 2. The number of carbonyl (C=O) groups is 1. The molecule has 4 heteroatoms. The van der Waals surface area contributed by atoms with Gasteiger partial charge in [0.05, 0.1) is 6.42 Å². The van der Waals surface area contributed by atoms with E-state index in [2.05, 4.69) is 32.9 Å². The van der Waals surface area contributed by atoms with Gasteiger partial charge in [-0.05, 0) is 49.6 Å². The van der Waals surface area contributed by atoms with Crippen LogP contribution >= 0.6 is 0 Å². The topological polar surface area (TPSA) is 38.8 Å². The number of carbonyl (C=O) groups excluding carboxylic acids is 1. The number of amides is 1. The van der Waals surface area contributed by atoms with Crippen LogP contribution in [0, 0.1) is 6.92 Å². The van der Waals surface area contributed by atoms with E-state index in [1.165, 1.54) is 11.1 Å². The average molecular weight is 325 g/mol. The van der Waals surface area contributed by atoms with Gasteiger partial charge in [-0.15, -0.1) is 0 Å². The molecule has 0 N–H and O–H groups in total. The lowest BCUT2D eigenvalue weighted by atomic mass is 10.1. The van der Waals surface area contributed by atoms with Crippen LogP contribution in [-0.4, -0.2) is 23.6 Å². The van der Waals surface area contributed by atoms with Gasteiger partial charge in [0.1, 0.15) is 0 Å². The van der Waals surface area contributed by atoms with E-state index in [1.54, 1.807) is 0 Å². The fourth-order valence-corrected chi connectivity index (χ4v) is 2.86. The summed E-state index contributed by atoms with van der Waals surface area (Å²) in [6.45, 7) is 7.06. The molecule has 0 radical (unpaired) electrons. The molecule has 1 aliphatic rings. The van der Waals surface area contributed by atoms with Crippen LogP contribution in [0.1, 0.15) is 30.5 Å². The lowest BCUT2D eigenvalue weighted by molar-refractivity contribution is -0.132. The van der Waals surface area contributed by atoms with Gasteiger partial charge < -0.3 is 14.4 Å². The van der Waals surface area contributed by atoms with Crippen LogP contribution in [0.15, 0.2) is 42.5 Å². The summed E-state index contributed by atoms with van der Waals surface area (Å²) in [7, 11) is 0. The van der Waals surface area contributed by atoms with Gasteiger partial charge in [0.15, 0.2) is 11.5 Å². The van der Waals surface area contributed by atoms with Crippen LogP contribution in [0.4, 0.5) is 0 Å². The van der Waals surface area contributed by atoms with Crippen molar-refractivity contribution in [1.82, 2.24) is 4.90 Å². The number of fused-ring (bicyclic) bond motifs is 1. The number of hydrogen-bond acceptors (Lipinski definition) is 3. The van der Waals surface area contributed by atoms with Gasteiger partial charge in [0.25, 0.3) is 0 Å². The zero-order valence-electron chi connectivity index (χ0n) is 14.4. The van der Waals surface area contributed by atoms with Crippen molar-refractivity contribution in [2.24, 2.45) is 0 Å². The monoisotopic (exact) mass is 325 g/mol. The molecule has 0 fully saturated rings. The number of rotatable bonds is 5. The molecule has 0 aromatic heterocycles. The van der Waals surface area contributed by atoms with Gasteiger partial charge in [-0.1, -0.05) is 30.3 Å². The Morgan fingerprint density at radius 2 is 1.88 bits per heavy atom. The maximum atomic E-state index is 12.8. The molecule has 0 unspecified atom stereocenters. The van der Waals surface area contributed by atoms with Crippen molar-refractivity contribution in [3.63, 3.8) is 0 Å². The predicted molar refractivity (Wildman–Crippen MR) is 93.1 cm³/mol. The summed E-state index contributed by atoms with van der Waals surface area (Å²) in [5, 5.41) is 0. The molecule has 24 heavy (non-hydrogen) atoms. The first-order valence-electron chi connectivity index (χ1n) is 8.27. The first kappa shape index (κ1) is 16.4. The second-order valence-electron chi connectivity index (χ2n) is 6.41. The van der Waals surface area contributed by atoms with Crippen LogP contribution < -0.4 is 9.47 Å². The summed E-state index contributed by atoms with van der Waals surface area (Å²) < 4.78 is 10.7. The minimum absolute atomic E-state index is 0.118. The largest absolute Gasteiger partial charge is 0.454 e. The number of aryl methyl sites for hydroxylation is 1. The van der Waals surface area contributed by atoms with Crippen LogP contribution in [0.2, 0.25) is 0 Å². The second-order valence-corrected chi connectivity index (χ2v) is 6.41. The Balaban J connectivity index is 1.74. The molecule has 4 nitrogen and oxygen atoms in total. The molecule has 126 valence electrons. The Morgan fingerprint density at radius 1 is 1.12 bits per heavy atom. The molecule has 0 atom stereocenters. The summed E-state index contributed by atoms with van der Waals surface area (Å²) in [6.07, 6.45) is 0.362. The maximum Gasteiger partial charge on any atom is 0.231 e. The Kier molecular flexibility index (Phi) is 4.74. The molecular formula is C20H23NO3. The van der Waals surface area contributed by atoms with Gasteiger partial charge in [-0.2, -0.15) is 0 Å². The fourth-order valence-electron chi connectivity index (χ4n) is 2.86. The van der Waals surface area contributed by atoms with E-state index in [-0.39, 0.29) is 18.7 Å². The van der Waals surface area contributed by atoms with Gasteiger partial charge in [-0.25, -0.2) is 0 Å². The summed E-state index contributed by atoms with van der Waals surface area (Å²) in [6, 6.07) is 14.0. The van der Waals surface area contributed by atoms with E-state index in [1.807, 2.05) is 35.2 Å². The first-order chi connectivity index (χ1) is 11.5. The van der Waals surface area contributed by atoms with E-state index in [0.29, 0.717) is 13.0 Å². The number of benzene rings is 2. The van der Waals surface area contributed by atoms with Crippen molar-refractivity contribution >= 4 is 5.91 Å². The Hall–Kier alpha value is -2.49. The summed E-state index contributed by atoms with van der Waals surface area (Å²) >= 11 is 0. The standard InChI is InChI=1S/C20H23NO3/c1-14(2)21(12-17-7-5-4-6-15(17)3)20(22)11-16-8-9-18-19(10-16)24-13-23-18/h4-10,14H,11-13H2,1-3H3. The lowest BCUT2D eigenvalue weighted by Gasteiger charge is -2.27. The third kappa shape index (κ3) is 3.53. The fraction of sp³-hybridized carbons (Fsp3) is 0.350. The minimum Gasteiger partial charge on any atom is -0.454 e. The van der Waals surface area contributed by atoms with Crippen molar-refractivity contribution in [2.45, 2.75) is 39.8 Å². The van der Waals surface area contributed by atoms with E-state index >= 15 is 0 Å². The normalized spacial score (nSPS) is 12.5. The highest BCUT2D eigenvalue weighted by Gasteiger charge is 2.20. The molecular weight excluding hydrogens is 302 g/mol. The van der Waals surface area contributed by atoms with E-state index in [9.17, 15) is 4.79 Å². The molecule has 1 heterocycles. The quantitative estimate of drug-likeness (QED) is 0.841. The SMILES string of the molecule is Cc1ccccc1CN(C(=O)Cc1ccc2c(c1)OCO2)C(C)C. The van der Waals surface area contributed by atoms with E-state index < -0.39 is 0 Å². The summed E-state index contributed by atoms with van der Waals surface area (Å²) in [5.74, 6) is 1.58. The highest BCUT2D eigenvalue weighted by Crippen LogP contribution is 2.32. The molecule has 3 rings (SSSR count). The van der Waals surface area contributed by atoms with Gasteiger partial charge in [0.2, 0.25) is 12.7 Å². The smallest absolute Gasteiger partial charge is 0.231 e. The Labute approximate surface area is 143 Å². The number of nitrogens with zero attached hydrogens (tertiary/aromatic N) is 1. The van der Waals surface area contributed by atoms with Gasteiger partial charge in [0, 0.05) is 12.6 Å². The van der Waals surface area contributed by atoms with Crippen LogP contribution in [0.3, 0.4) is 0 Å². The zero-order valence-corrected chi connectivity index (χ0v) is 14.4. The maximum absolute atomic E-state index is 12.8. The van der Waals surface area contributed by atoms with Crippen LogP contribution in [-0.2, 0) is 17.8 Å². The van der Waals surface area contributed by atoms with E-state index in [0.717, 1.165) is 17.1 Å². The van der Waals surface area contributed by atoms with Crippen molar-refractivity contribution in [3.8, 4) is 11.5 Å². The summed E-state index contributed by atoms with van der Waals surface area (Å²) in [5.41, 5.74) is 3.34. The molecule has 2 aromatic rings. The molecule has 0 spiro atoms. The highest BCUT2D eigenvalue weighted by molar-refractivity contribution is 5.79. The Bertz CT molecular complexity index is 739. The zero-order chi connectivity index (χ0) is 17.1. The van der Waals surface area contributed by atoms with Gasteiger partial charge >= 0.3 is 0 Å². The third-order valence-electron chi connectivity index (χ3n) is 4.34. The van der Waals surface area contributed by atoms with Gasteiger partial charge in [-0.3, -0.25) is 4.79 Å². The second kappa shape index (κ2) is 6.95. The molecule has 2 aromatic carbocycles. The number of hydrogen-bond donors (Lipinski definition) is 0. The Morgan fingerprint density at radius 3 is 2.62 bits per heavy atom. The first-order valence-corrected chi connectivity index (χ1v) is 8.27. The van der Waals surface area contributed by atoms with E-state index in [4.69, 9.17) is 9.47 Å². The van der Waals surface area contributed by atoms with Crippen molar-refractivity contribution in [1.29, 1.82) is 0 Å². The molecule has 0 bridgehead atoms. The minimum atomic E-state index is 0.118. The van der Waals surface area contributed by atoms with Crippen LogP contribution in [0.5, 0.6) is 11.5 Å².